The molecule has 2 rings (SSSR count). The fraction of sp³-hybridized carbons (Fsp3) is 0.571. The molecular formula is C14H20F2N2. The number of anilines is 1. The zero-order valence-electron chi connectivity index (χ0n) is 10.9. The van der Waals surface area contributed by atoms with Crippen LogP contribution in [0.2, 0.25) is 0 Å². The molecule has 0 aromatic heterocycles. The van der Waals surface area contributed by atoms with Crippen LogP contribution in [-0.4, -0.2) is 25.7 Å². The summed E-state index contributed by atoms with van der Waals surface area (Å²) >= 11 is 0. The van der Waals surface area contributed by atoms with Crippen molar-refractivity contribution < 1.29 is 8.78 Å². The fourth-order valence-electron chi connectivity index (χ4n) is 2.31. The molecule has 18 heavy (non-hydrogen) atoms. The lowest BCUT2D eigenvalue weighted by Crippen LogP contribution is -2.41. The van der Waals surface area contributed by atoms with Crippen LogP contribution in [0, 0.1) is 17.6 Å². The van der Waals surface area contributed by atoms with Crippen LogP contribution in [0.25, 0.3) is 0 Å². The number of nitrogens with zero attached hydrogens (tertiary/aromatic N) is 1. The number of hydrogen-bond donors (Lipinski definition) is 1. The van der Waals surface area contributed by atoms with Crippen molar-refractivity contribution in [2.24, 2.45) is 5.92 Å². The maximum atomic E-state index is 13.3. The molecule has 2 nitrogen and oxygen atoms in total. The van der Waals surface area contributed by atoms with E-state index in [0.717, 1.165) is 31.7 Å². The molecule has 0 saturated carbocycles. The zero-order valence-corrected chi connectivity index (χ0v) is 10.9. The molecule has 0 amide bonds. The number of rotatable bonds is 2. The second-order valence-corrected chi connectivity index (χ2v) is 5.20. The largest absolute Gasteiger partial charge is 0.370 e. The Morgan fingerprint density at radius 2 is 2.06 bits per heavy atom. The van der Waals surface area contributed by atoms with Crippen LogP contribution in [0.15, 0.2) is 18.2 Å². The lowest BCUT2D eigenvalue weighted by Gasteiger charge is -2.28. The molecule has 0 aliphatic carbocycles. The van der Waals surface area contributed by atoms with Crippen molar-refractivity contribution >= 4 is 5.69 Å². The van der Waals surface area contributed by atoms with Gasteiger partial charge in [-0.1, -0.05) is 13.8 Å². The topological polar surface area (TPSA) is 15.3 Å². The highest BCUT2D eigenvalue weighted by Gasteiger charge is 2.21. The molecule has 1 fully saturated rings. The summed E-state index contributed by atoms with van der Waals surface area (Å²) in [6, 6.07) is 4.53. The molecule has 1 unspecified atom stereocenters. The maximum Gasteiger partial charge on any atom is 0.160 e. The Labute approximate surface area is 107 Å². The first-order valence-corrected chi connectivity index (χ1v) is 6.51. The molecule has 1 aliphatic rings. The summed E-state index contributed by atoms with van der Waals surface area (Å²) in [5.41, 5.74) is 0.767. The minimum absolute atomic E-state index is 0.389. The average Bonchev–Trinajstić information content (AvgIpc) is 2.58. The van der Waals surface area contributed by atoms with Crippen molar-refractivity contribution in [1.29, 1.82) is 0 Å². The van der Waals surface area contributed by atoms with Crippen molar-refractivity contribution in [3.8, 4) is 0 Å². The van der Waals surface area contributed by atoms with E-state index in [1.807, 2.05) is 0 Å². The minimum atomic E-state index is -0.785. The van der Waals surface area contributed by atoms with E-state index in [1.54, 1.807) is 6.07 Å². The van der Waals surface area contributed by atoms with Gasteiger partial charge in [-0.25, -0.2) is 8.78 Å². The SMILES string of the molecule is CC(C)C1CN(c2ccc(F)c(F)c2)CCCN1. The van der Waals surface area contributed by atoms with Gasteiger partial charge < -0.3 is 10.2 Å². The van der Waals surface area contributed by atoms with Gasteiger partial charge in [-0.3, -0.25) is 0 Å². The minimum Gasteiger partial charge on any atom is -0.370 e. The van der Waals surface area contributed by atoms with E-state index < -0.39 is 11.6 Å². The standard InChI is InChI=1S/C14H20F2N2/c1-10(2)14-9-18(7-3-6-17-14)11-4-5-12(15)13(16)8-11/h4-5,8,10,14,17H,3,6-7,9H2,1-2H3. The highest BCUT2D eigenvalue weighted by Crippen LogP contribution is 2.20. The van der Waals surface area contributed by atoms with Crippen molar-refractivity contribution in [3.63, 3.8) is 0 Å². The van der Waals surface area contributed by atoms with Gasteiger partial charge in [0.1, 0.15) is 0 Å². The Bertz CT molecular complexity index is 407. The second-order valence-electron chi connectivity index (χ2n) is 5.20. The summed E-state index contributed by atoms with van der Waals surface area (Å²) in [6.45, 7) is 7.03. The zero-order chi connectivity index (χ0) is 13.1. The van der Waals surface area contributed by atoms with Crippen LogP contribution >= 0.6 is 0 Å². The van der Waals surface area contributed by atoms with Gasteiger partial charge in [0.25, 0.3) is 0 Å². The summed E-state index contributed by atoms with van der Waals surface area (Å²) in [5.74, 6) is -1.03. The molecule has 0 bridgehead atoms. The Kier molecular flexibility index (Phi) is 4.17. The average molecular weight is 254 g/mol. The van der Waals surface area contributed by atoms with Crippen LogP contribution in [0.3, 0.4) is 0 Å². The molecule has 1 atom stereocenters. The van der Waals surface area contributed by atoms with Gasteiger partial charge >= 0.3 is 0 Å². The molecule has 1 N–H and O–H groups in total. The van der Waals surface area contributed by atoms with Gasteiger partial charge in [0.05, 0.1) is 0 Å². The first-order valence-electron chi connectivity index (χ1n) is 6.51. The van der Waals surface area contributed by atoms with E-state index in [9.17, 15) is 8.78 Å². The van der Waals surface area contributed by atoms with Gasteiger partial charge in [0.15, 0.2) is 11.6 Å². The third-order valence-electron chi connectivity index (χ3n) is 3.50. The highest BCUT2D eigenvalue weighted by molar-refractivity contribution is 5.47. The lowest BCUT2D eigenvalue weighted by molar-refractivity contribution is 0.420. The first kappa shape index (κ1) is 13.3. The highest BCUT2D eigenvalue weighted by atomic mass is 19.2. The number of hydrogen-bond acceptors (Lipinski definition) is 2. The van der Waals surface area contributed by atoms with Crippen molar-refractivity contribution in [1.82, 2.24) is 5.32 Å². The molecule has 100 valence electrons. The predicted octanol–water partition coefficient (Wildman–Crippen LogP) is 2.79. The van der Waals surface area contributed by atoms with Gasteiger partial charge in [0.2, 0.25) is 0 Å². The van der Waals surface area contributed by atoms with Gasteiger partial charge in [0, 0.05) is 30.9 Å². The summed E-state index contributed by atoms with van der Waals surface area (Å²) in [6.07, 6.45) is 1.02. The van der Waals surface area contributed by atoms with Gasteiger partial charge in [-0.05, 0) is 31.0 Å². The third-order valence-corrected chi connectivity index (χ3v) is 3.50. The number of halogens is 2. The first-order chi connectivity index (χ1) is 8.58. The molecule has 1 aliphatic heterocycles. The van der Waals surface area contributed by atoms with Crippen LogP contribution < -0.4 is 10.2 Å². The molecule has 4 heteroatoms. The summed E-state index contributed by atoms with van der Waals surface area (Å²) < 4.78 is 26.2. The molecule has 1 aromatic carbocycles. The van der Waals surface area contributed by atoms with Crippen LogP contribution in [-0.2, 0) is 0 Å². The molecule has 0 spiro atoms. The van der Waals surface area contributed by atoms with Crippen LogP contribution in [0.1, 0.15) is 20.3 Å². The summed E-state index contributed by atoms with van der Waals surface area (Å²) in [5, 5.41) is 3.50. The predicted molar refractivity (Wildman–Crippen MR) is 69.8 cm³/mol. The molecule has 0 radical (unpaired) electrons. The molecule has 1 saturated heterocycles. The fourth-order valence-corrected chi connectivity index (χ4v) is 2.31. The van der Waals surface area contributed by atoms with E-state index >= 15 is 0 Å². The van der Waals surface area contributed by atoms with Gasteiger partial charge in [-0.15, -0.1) is 0 Å². The Hall–Kier alpha value is -1.16. The van der Waals surface area contributed by atoms with E-state index in [0.29, 0.717) is 12.0 Å². The molecule has 1 heterocycles. The van der Waals surface area contributed by atoms with E-state index in [2.05, 4.69) is 24.1 Å². The second kappa shape index (κ2) is 5.65. The smallest absolute Gasteiger partial charge is 0.160 e. The van der Waals surface area contributed by atoms with E-state index in [4.69, 9.17) is 0 Å². The molecular weight excluding hydrogens is 234 g/mol. The quantitative estimate of drug-likeness (QED) is 0.873. The molecule has 1 aromatic rings. The maximum absolute atomic E-state index is 13.3. The summed E-state index contributed by atoms with van der Waals surface area (Å²) in [7, 11) is 0. The van der Waals surface area contributed by atoms with Crippen molar-refractivity contribution in [3.05, 3.63) is 29.8 Å². The van der Waals surface area contributed by atoms with Gasteiger partial charge in [-0.2, -0.15) is 0 Å². The number of nitrogens with one attached hydrogen (secondary N) is 1. The van der Waals surface area contributed by atoms with Crippen molar-refractivity contribution in [2.45, 2.75) is 26.3 Å². The van der Waals surface area contributed by atoms with Crippen molar-refractivity contribution in [2.75, 3.05) is 24.5 Å². The lowest BCUT2D eigenvalue weighted by atomic mass is 10.0. The van der Waals surface area contributed by atoms with Crippen LogP contribution in [0.4, 0.5) is 14.5 Å². The summed E-state index contributed by atoms with van der Waals surface area (Å²) in [4.78, 5) is 2.13. The Morgan fingerprint density at radius 3 is 2.72 bits per heavy atom. The van der Waals surface area contributed by atoms with E-state index in [-0.39, 0.29) is 0 Å². The number of benzene rings is 1. The third kappa shape index (κ3) is 2.99. The Balaban J connectivity index is 2.17. The normalized spacial score (nSPS) is 21.2. The monoisotopic (exact) mass is 254 g/mol. The van der Waals surface area contributed by atoms with E-state index in [1.165, 1.54) is 12.1 Å². The van der Waals surface area contributed by atoms with Crippen LogP contribution in [0.5, 0.6) is 0 Å². The Morgan fingerprint density at radius 1 is 1.28 bits per heavy atom.